The molecular formula is C16H24Cl2N2. The highest BCUT2D eigenvalue weighted by Crippen LogP contribution is 2.34. The molecule has 0 aliphatic heterocycles. The third kappa shape index (κ3) is 3.67. The maximum atomic E-state index is 6.35. The summed E-state index contributed by atoms with van der Waals surface area (Å²) in [7, 11) is 0. The van der Waals surface area contributed by atoms with Gasteiger partial charge in [0.15, 0.2) is 0 Å². The molecule has 1 aliphatic carbocycles. The molecule has 0 bridgehead atoms. The Morgan fingerprint density at radius 2 is 1.90 bits per heavy atom. The van der Waals surface area contributed by atoms with Gasteiger partial charge in [0.05, 0.1) is 0 Å². The minimum absolute atomic E-state index is 0.283. The van der Waals surface area contributed by atoms with Gasteiger partial charge in [-0.3, -0.25) is 4.90 Å². The molecule has 0 aromatic heterocycles. The Morgan fingerprint density at radius 3 is 2.50 bits per heavy atom. The molecule has 1 atom stereocenters. The van der Waals surface area contributed by atoms with Crippen molar-refractivity contribution in [1.29, 1.82) is 0 Å². The molecule has 2 N–H and O–H groups in total. The van der Waals surface area contributed by atoms with Gasteiger partial charge in [-0.25, -0.2) is 0 Å². The van der Waals surface area contributed by atoms with Crippen molar-refractivity contribution in [1.82, 2.24) is 4.90 Å². The van der Waals surface area contributed by atoms with E-state index in [1.807, 2.05) is 18.2 Å². The predicted octanol–water partition coefficient (Wildman–Crippen LogP) is 4.65. The van der Waals surface area contributed by atoms with Crippen LogP contribution in [0.3, 0.4) is 0 Å². The molecule has 1 aliphatic rings. The Balaban J connectivity index is 2.16. The van der Waals surface area contributed by atoms with E-state index in [1.54, 1.807) is 0 Å². The van der Waals surface area contributed by atoms with Crippen LogP contribution in [0.5, 0.6) is 0 Å². The minimum atomic E-state index is 0.283. The van der Waals surface area contributed by atoms with E-state index in [1.165, 1.54) is 12.8 Å². The quantitative estimate of drug-likeness (QED) is 0.876. The molecule has 0 heterocycles. The molecule has 20 heavy (non-hydrogen) atoms. The summed E-state index contributed by atoms with van der Waals surface area (Å²) >= 11 is 12.5. The van der Waals surface area contributed by atoms with Crippen molar-refractivity contribution < 1.29 is 0 Å². The van der Waals surface area contributed by atoms with Gasteiger partial charge >= 0.3 is 0 Å². The molecule has 0 saturated heterocycles. The van der Waals surface area contributed by atoms with Crippen molar-refractivity contribution in [2.45, 2.75) is 57.7 Å². The second kappa shape index (κ2) is 7.13. The first kappa shape index (κ1) is 16.1. The number of hydrogen-bond donors (Lipinski definition) is 1. The van der Waals surface area contributed by atoms with E-state index in [0.29, 0.717) is 12.1 Å². The maximum Gasteiger partial charge on any atom is 0.0454 e. The van der Waals surface area contributed by atoms with Crippen molar-refractivity contribution in [3.63, 3.8) is 0 Å². The van der Waals surface area contributed by atoms with Crippen LogP contribution in [0.4, 0.5) is 0 Å². The number of hydrogen-bond acceptors (Lipinski definition) is 2. The van der Waals surface area contributed by atoms with Crippen molar-refractivity contribution >= 4 is 23.2 Å². The number of nitrogens with two attached hydrogens (primary N) is 1. The normalized spacial score (nSPS) is 24.9. The van der Waals surface area contributed by atoms with Gasteiger partial charge in [-0.1, -0.05) is 30.1 Å². The average molecular weight is 315 g/mol. The van der Waals surface area contributed by atoms with Gasteiger partial charge in [-0.05, 0) is 62.9 Å². The average Bonchev–Trinajstić information content (AvgIpc) is 2.44. The summed E-state index contributed by atoms with van der Waals surface area (Å²) in [4.78, 5) is 2.53. The lowest BCUT2D eigenvalue weighted by Gasteiger charge is -2.39. The zero-order valence-electron chi connectivity index (χ0n) is 12.3. The zero-order chi connectivity index (χ0) is 14.7. The highest BCUT2D eigenvalue weighted by atomic mass is 35.5. The summed E-state index contributed by atoms with van der Waals surface area (Å²) in [5.41, 5.74) is 7.13. The minimum Gasteiger partial charge on any atom is -0.328 e. The highest BCUT2D eigenvalue weighted by molar-refractivity contribution is 6.33. The number of benzene rings is 1. The van der Waals surface area contributed by atoms with Crippen LogP contribution in [0.25, 0.3) is 0 Å². The second-order valence-electron chi connectivity index (χ2n) is 5.74. The third-order valence-electron chi connectivity index (χ3n) is 4.48. The van der Waals surface area contributed by atoms with Crippen molar-refractivity contribution in [2.75, 3.05) is 6.54 Å². The first-order chi connectivity index (χ1) is 9.52. The summed E-state index contributed by atoms with van der Waals surface area (Å²) in [5.74, 6) is 0. The van der Waals surface area contributed by atoms with Crippen LogP contribution in [0.1, 0.15) is 51.1 Å². The van der Waals surface area contributed by atoms with Crippen molar-refractivity contribution in [2.24, 2.45) is 5.73 Å². The molecule has 1 unspecified atom stereocenters. The van der Waals surface area contributed by atoms with Crippen molar-refractivity contribution in [3.05, 3.63) is 33.8 Å². The standard InChI is InChI=1S/C16H24Cl2N2/c1-3-20(14-7-5-13(19)6-8-14)11(2)15-10-12(17)4-9-16(15)18/h4,9-11,13-14H,3,5-8,19H2,1-2H3. The van der Waals surface area contributed by atoms with E-state index in [0.717, 1.165) is 35.0 Å². The monoisotopic (exact) mass is 314 g/mol. The summed E-state index contributed by atoms with van der Waals surface area (Å²) in [6.07, 6.45) is 4.60. The molecule has 0 spiro atoms. The van der Waals surface area contributed by atoms with Gasteiger partial charge < -0.3 is 5.73 Å². The Hall–Kier alpha value is -0.280. The van der Waals surface area contributed by atoms with Crippen LogP contribution >= 0.6 is 23.2 Å². The molecule has 0 amide bonds. The largest absolute Gasteiger partial charge is 0.328 e. The Morgan fingerprint density at radius 1 is 1.25 bits per heavy atom. The lowest BCUT2D eigenvalue weighted by atomic mass is 9.89. The van der Waals surface area contributed by atoms with Crippen molar-refractivity contribution in [3.8, 4) is 0 Å². The van der Waals surface area contributed by atoms with Gasteiger partial charge in [-0.15, -0.1) is 0 Å². The smallest absolute Gasteiger partial charge is 0.0454 e. The summed E-state index contributed by atoms with van der Waals surface area (Å²) < 4.78 is 0. The summed E-state index contributed by atoms with van der Waals surface area (Å²) in [5, 5.41) is 1.55. The third-order valence-corrected chi connectivity index (χ3v) is 5.06. The highest BCUT2D eigenvalue weighted by Gasteiger charge is 2.28. The molecular weight excluding hydrogens is 291 g/mol. The first-order valence-electron chi connectivity index (χ1n) is 7.49. The van der Waals surface area contributed by atoms with Crippen LogP contribution in [0, 0.1) is 0 Å². The van der Waals surface area contributed by atoms with E-state index < -0.39 is 0 Å². The van der Waals surface area contributed by atoms with Crippen LogP contribution in [-0.4, -0.2) is 23.5 Å². The number of nitrogens with zero attached hydrogens (tertiary/aromatic N) is 1. The molecule has 0 radical (unpaired) electrons. The van der Waals surface area contributed by atoms with Crippen LogP contribution in [0.2, 0.25) is 10.0 Å². The van der Waals surface area contributed by atoms with Gasteiger partial charge in [0.1, 0.15) is 0 Å². The maximum absolute atomic E-state index is 6.35. The molecule has 1 saturated carbocycles. The molecule has 112 valence electrons. The molecule has 4 heteroatoms. The SMILES string of the molecule is CCN(C1CCC(N)CC1)C(C)c1cc(Cl)ccc1Cl. The lowest BCUT2D eigenvalue weighted by molar-refractivity contribution is 0.114. The Bertz CT molecular complexity index is 442. The fourth-order valence-electron chi connectivity index (χ4n) is 3.29. The van der Waals surface area contributed by atoms with Crippen LogP contribution in [-0.2, 0) is 0 Å². The first-order valence-corrected chi connectivity index (χ1v) is 8.24. The fraction of sp³-hybridized carbons (Fsp3) is 0.625. The van der Waals surface area contributed by atoms with E-state index in [-0.39, 0.29) is 6.04 Å². The molecule has 1 aromatic carbocycles. The van der Waals surface area contributed by atoms with E-state index in [4.69, 9.17) is 28.9 Å². The Labute approximate surface area is 132 Å². The van der Waals surface area contributed by atoms with E-state index >= 15 is 0 Å². The van der Waals surface area contributed by atoms with Gasteiger partial charge in [0, 0.05) is 28.2 Å². The zero-order valence-corrected chi connectivity index (χ0v) is 13.8. The molecule has 2 nitrogen and oxygen atoms in total. The van der Waals surface area contributed by atoms with E-state index in [9.17, 15) is 0 Å². The predicted molar refractivity (Wildman–Crippen MR) is 87.5 cm³/mol. The summed E-state index contributed by atoms with van der Waals surface area (Å²) in [6, 6.07) is 6.99. The Kier molecular flexibility index (Phi) is 5.74. The van der Waals surface area contributed by atoms with Gasteiger partial charge in [-0.2, -0.15) is 0 Å². The van der Waals surface area contributed by atoms with Gasteiger partial charge in [0.25, 0.3) is 0 Å². The van der Waals surface area contributed by atoms with Gasteiger partial charge in [0.2, 0.25) is 0 Å². The fourth-order valence-corrected chi connectivity index (χ4v) is 3.75. The van der Waals surface area contributed by atoms with E-state index in [2.05, 4.69) is 18.7 Å². The molecule has 1 aromatic rings. The topological polar surface area (TPSA) is 29.3 Å². The van der Waals surface area contributed by atoms with Crippen LogP contribution in [0.15, 0.2) is 18.2 Å². The lowest BCUT2D eigenvalue weighted by Crippen LogP contribution is -2.42. The number of halogens is 2. The summed E-state index contributed by atoms with van der Waals surface area (Å²) in [6.45, 7) is 5.45. The number of rotatable bonds is 4. The second-order valence-corrected chi connectivity index (χ2v) is 6.58. The molecule has 1 fully saturated rings. The van der Waals surface area contributed by atoms with Crippen LogP contribution < -0.4 is 5.73 Å². The molecule has 2 rings (SSSR count).